The van der Waals surface area contributed by atoms with E-state index >= 15 is 0 Å². The molecule has 83 heavy (non-hydrogen) atoms. The number of ether oxygens (including phenoxy) is 1. The molecule has 4 saturated heterocycles. The van der Waals surface area contributed by atoms with Crippen LogP contribution in [0.4, 0.5) is 11.6 Å². The maximum absolute atomic E-state index is 14.7. The highest BCUT2D eigenvalue weighted by Crippen LogP contribution is 2.39. The zero-order valence-electron chi connectivity index (χ0n) is 50.0. The van der Waals surface area contributed by atoms with Crippen molar-refractivity contribution in [2.75, 3.05) is 109 Å². The number of amides is 7. The van der Waals surface area contributed by atoms with Crippen molar-refractivity contribution in [3.63, 3.8) is 0 Å². The van der Waals surface area contributed by atoms with E-state index in [0.717, 1.165) is 153 Å². The number of piperidine rings is 1. The first kappa shape index (κ1) is 63.1. The number of benzene rings is 1. The van der Waals surface area contributed by atoms with Gasteiger partial charge in [-0.25, -0.2) is 9.97 Å². The van der Waals surface area contributed by atoms with Gasteiger partial charge in [0.2, 0.25) is 41.4 Å². The summed E-state index contributed by atoms with van der Waals surface area (Å²) >= 11 is 0. The van der Waals surface area contributed by atoms with E-state index in [1.54, 1.807) is 25.2 Å². The maximum Gasteiger partial charge on any atom is 0.246 e. The van der Waals surface area contributed by atoms with Crippen LogP contribution in [0.3, 0.4) is 0 Å². The summed E-state index contributed by atoms with van der Waals surface area (Å²) < 4.78 is 5.92. The first-order valence-corrected chi connectivity index (χ1v) is 31.3. The number of fused-ring (bicyclic) bond motifs is 1. The van der Waals surface area contributed by atoms with Gasteiger partial charge in [-0.05, 0) is 127 Å². The van der Waals surface area contributed by atoms with Gasteiger partial charge in [0.15, 0.2) is 0 Å². The smallest absolute Gasteiger partial charge is 0.246 e. The number of anilines is 2. The normalized spacial score (nSPS) is 23.4. The lowest BCUT2D eigenvalue weighted by Gasteiger charge is -2.42. The Balaban J connectivity index is 0.691. The second kappa shape index (κ2) is 30.7. The van der Waals surface area contributed by atoms with E-state index in [1.165, 1.54) is 5.56 Å². The molecule has 1 aromatic carbocycles. The second-order valence-electron chi connectivity index (χ2n) is 24.4. The number of carbonyl (C=O) groups excluding carboxylic acids is 7. The third-order valence-electron chi connectivity index (χ3n) is 18.6. The fourth-order valence-corrected chi connectivity index (χ4v) is 13.5. The molecule has 2 aliphatic carbocycles. The van der Waals surface area contributed by atoms with Crippen molar-refractivity contribution in [2.24, 2.45) is 11.3 Å². The number of carbonyl (C=O) groups is 7. The van der Waals surface area contributed by atoms with Crippen LogP contribution in [-0.4, -0.2) is 195 Å². The molecule has 8 rings (SSSR count). The van der Waals surface area contributed by atoms with Crippen LogP contribution in [0.2, 0.25) is 0 Å². The molecule has 22 nitrogen and oxygen atoms in total. The number of likely N-dealkylation sites (tertiary alicyclic amines) is 3. The van der Waals surface area contributed by atoms with Crippen LogP contribution in [0.5, 0.6) is 0 Å². The zero-order valence-corrected chi connectivity index (χ0v) is 50.0. The average Bonchev–Trinajstić information content (AvgIpc) is 4.37. The van der Waals surface area contributed by atoms with Crippen LogP contribution >= 0.6 is 0 Å². The molecule has 6 aliphatic rings. The van der Waals surface area contributed by atoms with Crippen LogP contribution in [0.25, 0.3) is 0 Å². The van der Waals surface area contributed by atoms with Crippen LogP contribution < -0.4 is 47.4 Å². The molecular formula is C61H96N14O8. The fraction of sp³-hybridized carbons (Fsp3) is 0.721. The minimum absolute atomic E-state index is 0.0199. The Morgan fingerprint density at radius 2 is 1.53 bits per heavy atom. The van der Waals surface area contributed by atoms with E-state index in [0.29, 0.717) is 45.8 Å². The summed E-state index contributed by atoms with van der Waals surface area (Å²) in [5, 5.41) is 24.9. The van der Waals surface area contributed by atoms with Crippen LogP contribution in [0.15, 0.2) is 36.7 Å². The molecule has 5 heterocycles. The fourth-order valence-electron chi connectivity index (χ4n) is 13.5. The Kier molecular flexibility index (Phi) is 23.3. The summed E-state index contributed by atoms with van der Waals surface area (Å²) in [6, 6.07) is 7.23. The van der Waals surface area contributed by atoms with Crippen molar-refractivity contribution in [2.45, 2.75) is 172 Å². The van der Waals surface area contributed by atoms with E-state index < -0.39 is 24.2 Å². The van der Waals surface area contributed by atoms with Crippen LogP contribution in [0, 0.1) is 11.3 Å². The molecular weight excluding hydrogens is 1060 g/mol. The molecule has 6 atom stereocenters. The van der Waals surface area contributed by atoms with Crippen LogP contribution in [-0.2, 0) is 44.7 Å². The molecule has 0 unspecified atom stereocenters. The summed E-state index contributed by atoms with van der Waals surface area (Å²) in [5.74, 6) is 0.243. The molecule has 1 saturated carbocycles. The highest BCUT2D eigenvalue weighted by molar-refractivity contribution is 5.94. The summed E-state index contributed by atoms with van der Waals surface area (Å²) in [6.07, 6.45) is 15.0. The standard InChI is InChI=1S/C61H96N14O8/c1-5-52(76)71-61(6-2)24-31-74(32-25-61)51-37-50(66-42-67-51)63-26-13-27-64-55(79)39-73-30-23-60(41-73)22-29-72(40-60)33-35-83-34-28-65-53(77)20-21-54(78)68-46-36-49(58(81)69-48-19-12-17-44-14-10-11-18-47(44)48)75(38-46)59(82)56(45-15-8-7-9-16-45)70-57(80)43(3)62-4/h10-11,14,18,37,42-43,45-46,48-49,56,62H,5-9,12-13,15-17,19-36,38-41H2,1-4H3,(H,64,79)(H,65,77)(H,68,78)(H,69,81)(H,70,80)(H,71,76)(H,63,66,67)/t43-,46-,48-,49-,56-,60-/m0/s1. The third-order valence-corrected chi connectivity index (χ3v) is 18.6. The zero-order chi connectivity index (χ0) is 58.8. The Bertz CT molecular complexity index is 2510. The third kappa shape index (κ3) is 17.8. The number of aryl methyl sites for hydroxylation is 1. The Hall–Kier alpha value is -5.97. The molecule has 1 aromatic heterocycles. The van der Waals surface area contributed by atoms with E-state index in [1.807, 2.05) is 31.2 Å². The van der Waals surface area contributed by atoms with Gasteiger partial charge in [0.1, 0.15) is 30.0 Å². The van der Waals surface area contributed by atoms with Crippen molar-refractivity contribution in [1.82, 2.24) is 61.9 Å². The monoisotopic (exact) mass is 1150 g/mol. The van der Waals surface area contributed by atoms with Gasteiger partial charge in [0, 0.05) is 95.8 Å². The molecule has 0 bridgehead atoms. The van der Waals surface area contributed by atoms with Crippen molar-refractivity contribution in [3.8, 4) is 0 Å². The van der Waals surface area contributed by atoms with E-state index in [4.69, 9.17) is 4.74 Å². The predicted molar refractivity (Wildman–Crippen MR) is 318 cm³/mol. The molecule has 7 amide bonds. The summed E-state index contributed by atoms with van der Waals surface area (Å²) in [7, 11) is 1.70. The highest BCUT2D eigenvalue weighted by atomic mass is 16.5. The van der Waals surface area contributed by atoms with Gasteiger partial charge in [0.25, 0.3) is 0 Å². The Labute approximate surface area is 491 Å². The van der Waals surface area contributed by atoms with Gasteiger partial charge in [-0.15, -0.1) is 0 Å². The maximum atomic E-state index is 14.7. The van der Waals surface area contributed by atoms with Gasteiger partial charge in [-0.2, -0.15) is 0 Å². The minimum atomic E-state index is -0.850. The van der Waals surface area contributed by atoms with E-state index in [-0.39, 0.29) is 90.1 Å². The van der Waals surface area contributed by atoms with Crippen molar-refractivity contribution >= 4 is 53.0 Å². The van der Waals surface area contributed by atoms with Gasteiger partial charge in [-0.1, -0.05) is 57.4 Å². The molecule has 4 aliphatic heterocycles. The topological polar surface area (TPSA) is 264 Å². The number of nitrogens with one attached hydrogen (secondary N) is 8. The van der Waals surface area contributed by atoms with Gasteiger partial charge >= 0.3 is 0 Å². The Morgan fingerprint density at radius 3 is 2.30 bits per heavy atom. The summed E-state index contributed by atoms with van der Waals surface area (Å²) in [5.41, 5.74) is 2.31. The molecule has 0 radical (unpaired) electrons. The quantitative estimate of drug-likeness (QED) is 0.0570. The number of aromatic nitrogens is 2. The molecule has 22 heteroatoms. The molecule has 2 aromatic rings. The van der Waals surface area contributed by atoms with Crippen molar-refractivity contribution < 1.29 is 38.3 Å². The molecule has 1 spiro atoms. The molecule has 5 fully saturated rings. The lowest BCUT2D eigenvalue weighted by molar-refractivity contribution is -0.143. The lowest BCUT2D eigenvalue weighted by Crippen LogP contribution is -2.58. The Morgan fingerprint density at radius 1 is 0.783 bits per heavy atom. The minimum Gasteiger partial charge on any atom is -0.378 e. The highest BCUT2D eigenvalue weighted by Gasteiger charge is 2.46. The average molecular weight is 1150 g/mol. The van der Waals surface area contributed by atoms with Gasteiger partial charge < -0.3 is 62.0 Å². The summed E-state index contributed by atoms with van der Waals surface area (Å²) in [6.45, 7) is 14.9. The first-order chi connectivity index (χ1) is 40.2. The van der Waals surface area contributed by atoms with Crippen molar-refractivity contribution in [1.29, 1.82) is 0 Å². The van der Waals surface area contributed by atoms with E-state index in [9.17, 15) is 33.6 Å². The first-order valence-electron chi connectivity index (χ1n) is 31.3. The summed E-state index contributed by atoms with van der Waals surface area (Å²) in [4.78, 5) is 111. The van der Waals surface area contributed by atoms with Crippen LogP contribution in [0.1, 0.15) is 147 Å². The van der Waals surface area contributed by atoms with Gasteiger partial charge in [-0.3, -0.25) is 38.5 Å². The second-order valence-corrected chi connectivity index (χ2v) is 24.4. The predicted octanol–water partition coefficient (Wildman–Crippen LogP) is 2.93. The number of likely N-dealkylation sites (N-methyl/N-ethyl adjacent to an activating group) is 1. The van der Waals surface area contributed by atoms with Gasteiger partial charge in [0.05, 0.1) is 31.8 Å². The number of hydrogen-bond acceptors (Lipinski definition) is 15. The number of nitrogens with zero attached hydrogens (tertiary/aromatic N) is 6. The van der Waals surface area contributed by atoms with E-state index in [2.05, 4.69) is 80.2 Å². The van der Waals surface area contributed by atoms with Crippen molar-refractivity contribution in [3.05, 3.63) is 47.8 Å². The number of hydrogen-bond donors (Lipinski definition) is 8. The molecule has 458 valence electrons. The molecule has 8 N–H and O–H groups in total. The lowest BCUT2D eigenvalue weighted by atomic mass is 9.83. The SMILES string of the molecule is CCC(=O)NC1(CC)CCN(c2cc(NCCCNC(=O)CN3CC[C@]4(CCN(CCOCCNC(=O)CCC(=O)N[C@H]5C[C@@H](C(=O)N[C@H]6CCCc7ccccc76)N(C(=O)[C@@H](NC(=O)[C@H](C)NC)C6CCCCC6)C5)C4)C3)ncn2)CC1. The number of rotatable bonds is 28. The largest absolute Gasteiger partial charge is 0.378 e.